The fourth-order valence-electron chi connectivity index (χ4n) is 3.60. The van der Waals surface area contributed by atoms with Crippen LogP contribution in [0.3, 0.4) is 0 Å². The molecule has 1 amide bonds. The van der Waals surface area contributed by atoms with Crippen molar-refractivity contribution in [2.75, 3.05) is 19.0 Å². The summed E-state index contributed by atoms with van der Waals surface area (Å²) < 4.78 is 10.4. The molecule has 1 N–H and O–H groups in total. The number of methoxy groups -OCH3 is 1. The number of esters is 1. The van der Waals surface area contributed by atoms with Crippen molar-refractivity contribution in [3.05, 3.63) is 45.8 Å². The molecule has 6 nitrogen and oxygen atoms in total. The second kappa shape index (κ2) is 8.37. The summed E-state index contributed by atoms with van der Waals surface area (Å²) in [5, 5.41) is 3.34. The first-order valence-electron chi connectivity index (χ1n) is 9.87. The summed E-state index contributed by atoms with van der Waals surface area (Å²) in [6.45, 7) is -0.333. The number of rotatable bonds is 7. The molecule has 2 aromatic rings. The van der Waals surface area contributed by atoms with Crippen LogP contribution in [-0.2, 0) is 27.2 Å². The summed E-state index contributed by atoms with van der Waals surface area (Å²) in [6.07, 6.45) is 5.46. The number of para-hydroxylation sites is 1. The minimum Gasteiger partial charge on any atom is -0.496 e. The molecule has 4 rings (SSSR count). The normalized spacial score (nSPS) is 15.3. The Bertz CT molecular complexity index is 960. The van der Waals surface area contributed by atoms with Gasteiger partial charge in [-0.15, -0.1) is 11.3 Å². The maximum atomic E-state index is 13.4. The number of hydrogen-bond donors (Lipinski definition) is 1. The topological polar surface area (TPSA) is 81.7 Å². The molecule has 0 radical (unpaired) electrons. The third kappa shape index (κ3) is 4.19. The first-order valence-corrected chi connectivity index (χ1v) is 10.7. The van der Waals surface area contributed by atoms with Crippen molar-refractivity contribution >= 4 is 34.0 Å². The van der Waals surface area contributed by atoms with Crippen molar-refractivity contribution in [2.45, 2.75) is 38.5 Å². The molecule has 152 valence electrons. The Morgan fingerprint density at radius 2 is 1.90 bits per heavy atom. The van der Waals surface area contributed by atoms with Gasteiger partial charge in [0.15, 0.2) is 12.4 Å². The number of benzene rings is 1. The van der Waals surface area contributed by atoms with Crippen LogP contribution in [0.25, 0.3) is 0 Å². The van der Waals surface area contributed by atoms with Crippen molar-refractivity contribution in [1.82, 2.24) is 0 Å². The predicted molar refractivity (Wildman–Crippen MR) is 110 cm³/mol. The van der Waals surface area contributed by atoms with Crippen LogP contribution in [0.5, 0.6) is 5.75 Å². The highest BCUT2D eigenvalue weighted by atomic mass is 32.1. The smallest absolute Gasteiger partial charge is 0.309 e. The minimum atomic E-state index is -0.424. The number of carbonyl (C=O) groups is 3. The molecule has 0 atom stereocenters. The monoisotopic (exact) mass is 413 g/mol. The molecular weight excluding hydrogens is 390 g/mol. The van der Waals surface area contributed by atoms with E-state index in [1.165, 1.54) is 18.4 Å². The van der Waals surface area contributed by atoms with Gasteiger partial charge in [0.25, 0.3) is 5.91 Å². The van der Waals surface area contributed by atoms with Crippen LogP contribution < -0.4 is 10.1 Å². The Balaban J connectivity index is 1.60. The van der Waals surface area contributed by atoms with Gasteiger partial charge in [0.05, 0.1) is 24.2 Å². The second-order valence-electron chi connectivity index (χ2n) is 7.37. The molecule has 1 aromatic heterocycles. The van der Waals surface area contributed by atoms with Gasteiger partial charge >= 0.3 is 5.97 Å². The van der Waals surface area contributed by atoms with Crippen LogP contribution in [-0.4, -0.2) is 31.4 Å². The van der Waals surface area contributed by atoms with Gasteiger partial charge in [0.2, 0.25) is 0 Å². The number of anilines is 1. The lowest BCUT2D eigenvalue weighted by Gasteiger charge is -2.14. The third-order valence-electron chi connectivity index (χ3n) is 5.26. The van der Waals surface area contributed by atoms with E-state index in [0.717, 1.165) is 49.0 Å². The molecule has 2 aliphatic rings. The minimum absolute atomic E-state index is 0.0560. The maximum Gasteiger partial charge on any atom is 0.309 e. The number of aryl methyl sites for hydroxylation is 1. The van der Waals surface area contributed by atoms with Gasteiger partial charge < -0.3 is 14.8 Å². The van der Waals surface area contributed by atoms with E-state index in [2.05, 4.69) is 5.32 Å². The standard InChI is InChI=1S/C22H23NO5S/c1-27-16-8-4-2-6-14(16)20(25)19-15-7-3-5-9-17(15)29-21(19)23-18(24)12-28-22(26)13-10-11-13/h2,4,6,8,13H,3,5,7,9-12H2,1H3,(H,23,24). The molecule has 2 aliphatic carbocycles. The van der Waals surface area contributed by atoms with Gasteiger partial charge in [0, 0.05) is 4.88 Å². The molecule has 0 saturated heterocycles. The molecule has 1 heterocycles. The summed E-state index contributed by atoms with van der Waals surface area (Å²) in [5.41, 5.74) is 2.02. The maximum absolute atomic E-state index is 13.4. The van der Waals surface area contributed by atoms with Crippen LogP contribution in [0.15, 0.2) is 24.3 Å². The zero-order chi connectivity index (χ0) is 20.4. The van der Waals surface area contributed by atoms with Gasteiger partial charge in [-0.05, 0) is 56.2 Å². The van der Waals surface area contributed by atoms with E-state index in [1.807, 2.05) is 6.07 Å². The lowest BCUT2D eigenvalue weighted by atomic mass is 9.91. The summed E-state index contributed by atoms with van der Waals surface area (Å²) in [5.74, 6) is -0.460. The van der Waals surface area contributed by atoms with E-state index in [4.69, 9.17) is 9.47 Å². The zero-order valence-corrected chi connectivity index (χ0v) is 17.1. The summed E-state index contributed by atoms with van der Waals surface area (Å²) >= 11 is 1.45. The second-order valence-corrected chi connectivity index (χ2v) is 8.48. The lowest BCUT2D eigenvalue weighted by Crippen LogP contribution is -2.22. The number of nitrogens with one attached hydrogen (secondary N) is 1. The van der Waals surface area contributed by atoms with E-state index in [9.17, 15) is 14.4 Å². The summed E-state index contributed by atoms with van der Waals surface area (Å²) in [7, 11) is 1.53. The van der Waals surface area contributed by atoms with Crippen molar-refractivity contribution in [3.63, 3.8) is 0 Å². The van der Waals surface area contributed by atoms with E-state index in [0.29, 0.717) is 21.9 Å². The third-order valence-corrected chi connectivity index (χ3v) is 6.47. The Morgan fingerprint density at radius 3 is 2.66 bits per heavy atom. The Kier molecular flexibility index (Phi) is 5.67. The molecule has 0 aliphatic heterocycles. The Labute approximate surface area is 173 Å². The van der Waals surface area contributed by atoms with E-state index in [-0.39, 0.29) is 24.3 Å². The van der Waals surface area contributed by atoms with Gasteiger partial charge in [-0.25, -0.2) is 0 Å². The Morgan fingerprint density at radius 1 is 1.14 bits per heavy atom. The first-order chi connectivity index (χ1) is 14.1. The molecule has 1 aromatic carbocycles. The van der Waals surface area contributed by atoms with Crippen molar-refractivity contribution in [1.29, 1.82) is 0 Å². The molecule has 29 heavy (non-hydrogen) atoms. The largest absolute Gasteiger partial charge is 0.496 e. The number of ketones is 1. The lowest BCUT2D eigenvalue weighted by molar-refractivity contribution is -0.148. The highest BCUT2D eigenvalue weighted by molar-refractivity contribution is 7.17. The van der Waals surface area contributed by atoms with E-state index in [1.54, 1.807) is 18.2 Å². The highest BCUT2D eigenvalue weighted by Crippen LogP contribution is 2.40. The van der Waals surface area contributed by atoms with Crippen LogP contribution >= 0.6 is 11.3 Å². The van der Waals surface area contributed by atoms with Crippen molar-refractivity contribution in [3.8, 4) is 5.75 Å². The van der Waals surface area contributed by atoms with Crippen molar-refractivity contribution < 1.29 is 23.9 Å². The molecule has 1 saturated carbocycles. The highest BCUT2D eigenvalue weighted by Gasteiger charge is 2.32. The molecular formula is C22H23NO5S. The predicted octanol–water partition coefficient (Wildman–Crippen LogP) is 3.76. The number of hydrogen-bond acceptors (Lipinski definition) is 6. The van der Waals surface area contributed by atoms with Crippen LogP contribution in [0.2, 0.25) is 0 Å². The number of amides is 1. The van der Waals surface area contributed by atoms with Gasteiger partial charge in [0.1, 0.15) is 10.8 Å². The number of carbonyl (C=O) groups excluding carboxylic acids is 3. The van der Waals surface area contributed by atoms with E-state index >= 15 is 0 Å². The average Bonchev–Trinajstić information content (AvgIpc) is 3.53. The van der Waals surface area contributed by atoms with Crippen LogP contribution in [0, 0.1) is 5.92 Å². The number of fused-ring (bicyclic) bond motifs is 1. The van der Waals surface area contributed by atoms with Crippen LogP contribution in [0.4, 0.5) is 5.00 Å². The van der Waals surface area contributed by atoms with E-state index < -0.39 is 5.91 Å². The summed E-state index contributed by atoms with van der Waals surface area (Å²) in [4.78, 5) is 38.6. The SMILES string of the molecule is COc1ccccc1C(=O)c1c(NC(=O)COC(=O)C2CC2)sc2c1CCCC2. The first kappa shape index (κ1) is 19.6. The summed E-state index contributed by atoms with van der Waals surface area (Å²) in [6, 6.07) is 7.10. The molecule has 0 bridgehead atoms. The quantitative estimate of drug-likeness (QED) is 0.552. The number of thiophene rings is 1. The molecule has 0 unspecified atom stereocenters. The molecule has 0 spiro atoms. The average molecular weight is 413 g/mol. The van der Waals surface area contributed by atoms with Gasteiger partial charge in [-0.2, -0.15) is 0 Å². The number of ether oxygens (including phenoxy) is 2. The van der Waals surface area contributed by atoms with Gasteiger partial charge in [-0.3, -0.25) is 14.4 Å². The molecule has 1 fully saturated rings. The van der Waals surface area contributed by atoms with Gasteiger partial charge in [-0.1, -0.05) is 12.1 Å². The fraction of sp³-hybridized carbons (Fsp3) is 0.409. The Hall–Kier alpha value is -2.67. The fourth-order valence-corrected chi connectivity index (χ4v) is 4.90. The van der Waals surface area contributed by atoms with Crippen molar-refractivity contribution in [2.24, 2.45) is 5.92 Å². The zero-order valence-electron chi connectivity index (χ0n) is 16.3. The molecule has 7 heteroatoms. The van der Waals surface area contributed by atoms with Crippen LogP contribution in [0.1, 0.15) is 52.0 Å².